The van der Waals surface area contributed by atoms with Gasteiger partial charge in [-0.25, -0.2) is 10.1 Å². The molecule has 19 heavy (non-hydrogen) atoms. The van der Waals surface area contributed by atoms with Crippen LogP contribution in [0.15, 0.2) is 42.1 Å². The van der Waals surface area contributed by atoms with Crippen molar-refractivity contribution in [2.24, 2.45) is 5.92 Å². The van der Waals surface area contributed by atoms with Gasteiger partial charge < -0.3 is 0 Å². The number of fused-ring (bicyclic) bond motifs is 2. The van der Waals surface area contributed by atoms with Gasteiger partial charge in [0.25, 0.3) is 5.70 Å². The smallest absolute Gasteiger partial charge is 0.226 e. The van der Waals surface area contributed by atoms with E-state index in [9.17, 15) is 0 Å². The number of nitriles is 1. The van der Waals surface area contributed by atoms with E-state index in [1.165, 1.54) is 10.9 Å². The molecule has 0 bridgehead atoms. The third-order valence-corrected chi connectivity index (χ3v) is 3.75. The van der Waals surface area contributed by atoms with Crippen molar-refractivity contribution in [1.29, 1.82) is 5.26 Å². The highest BCUT2D eigenvalue weighted by Crippen LogP contribution is 2.41. The van der Waals surface area contributed by atoms with Crippen LogP contribution >= 0.6 is 0 Å². The molecule has 0 N–H and O–H groups in total. The van der Waals surface area contributed by atoms with Crippen LogP contribution in [0.3, 0.4) is 0 Å². The SMILES string of the molecule is [C-]#[N+]/C(C#N)=C1/c2cc3ccccc3cc2CC1C. The molecule has 0 aliphatic heterocycles. The molecule has 0 fully saturated rings. The normalized spacial score (nSPS) is 19.6. The molecule has 0 saturated heterocycles. The lowest BCUT2D eigenvalue weighted by atomic mass is 9.98. The highest BCUT2D eigenvalue weighted by Gasteiger charge is 2.26. The third-order valence-electron chi connectivity index (χ3n) is 3.75. The summed E-state index contributed by atoms with van der Waals surface area (Å²) in [5, 5.41) is 11.5. The molecule has 3 rings (SSSR count). The summed E-state index contributed by atoms with van der Waals surface area (Å²) >= 11 is 0. The molecule has 0 aromatic heterocycles. The summed E-state index contributed by atoms with van der Waals surface area (Å²) in [4.78, 5) is 3.39. The molecule has 2 heteroatoms. The first-order valence-electron chi connectivity index (χ1n) is 6.28. The van der Waals surface area contributed by atoms with Crippen LogP contribution in [0.2, 0.25) is 0 Å². The van der Waals surface area contributed by atoms with Gasteiger partial charge in [-0.3, -0.25) is 0 Å². The Morgan fingerprint density at radius 3 is 2.63 bits per heavy atom. The van der Waals surface area contributed by atoms with E-state index in [0.717, 1.165) is 22.9 Å². The van der Waals surface area contributed by atoms with Gasteiger partial charge in [-0.05, 0) is 45.9 Å². The van der Waals surface area contributed by atoms with Crippen LogP contribution in [-0.2, 0) is 6.42 Å². The zero-order chi connectivity index (χ0) is 13.4. The maximum Gasteiger partial charge on any atom is 0.265 e. The summed E-state index contributed by atoms with van der Waals surface area (Å²) in [5.41, 5.74) is 3.48. The molecular formula is C17H12N2. The fourth-order valence-corrected chi connectivity index (χ4v) is 2.91. The minimum Gasteiger partial charge on any atom is -0.226 e. The van der Waals surface area contributed by atoms with Gasteiger partial charge in [0.1, 0.15) is 0 Å². The van der Waals surface area contributed by atoms with E-state index in [1.807, 2.05) is 18.2 Å². The highest BCUT2D eigenvalue weighted by molar-refractivity contribution is 5.91. The first kappa shape index (κ1) is 11.5. The molecule has 0 saturated carbocycles. The summed E-state index contributed by atoms with van der Waals surface area (Å²) in [6.07, 6.45) is 0.913. The van der Waals surface area contributed by atoms with E-state index in [2.05, 4.69) is 36.0 Å². The number of hydrogen-bond acceptors (Lipinski definition) is 1. The monoisotopic (exact) mass is 244 g/mol. The largest absolute Gasteiger partial charge is 0.265 e. The zero-order valence-corrected chi connectivity index (χ0v) is 10.6. The van der Waals surface area contributed by atoms with E-state index >= 15 is 0 Å². The lowest BCUT2D eigenvalue weighted by Crippen LogP contribution is -1.93. The van der Waals surface area contributed by atoms with Crippen molar-refractivity contribution in [2.75, 3.05) is 0 Å². The van der Waals surface area contributed by atoms with Crippen molar-refractivity contribution < 1.29 is 0 Å². The number of benzene rings is 2. The summed E-state index contributed by atoms with van der Waals surface area (Å²) in [6.45, 7) is 9.25. The molecule has 1 unspecified atom stereocenters. The van der Waals surface area contributed by atoms with E-state index in [-0.39, 0.29) is 11.6 Å². The van der Waals surface area contributed by atoms with Gasteiger partial charge in [0.15, 0.2) is 0 Å². The fourth-order valence-electron chi connectivity index (χ4n) is 2.91. The molecule has 0 heterocycles. The van der Waals surface area contributed by atoms with Crippen molar-refractivity contribution >= 4 is 16.3 Å². The predicted octanol–water partition coefficient (Wildman–Crippen LogP) is 4.19. The van der Waals surface area contributed by atoms with Crippen LogP contribution in [0.4, 0.5) is 0 Å². The van der Waals surface area contributed by atoms with E-state index in [0.29, 0.717) is 0 Å². The van der Waals surface area contributed by atoms with Crippen LogP contribution in [0.25, 0.3) is 21.2 Å². The quantitative estimate of drug-likeness (QED) is 0.504. The molecule has 2 aromatic carbocycles. The number of rotatable bonds is 0. The Balaban J connectivity index is 2.33. The molecule has 1 atom stereocenters. The molecule has 2 aromatic rings. The van der Waals surface area contributed by atoms with Crippen LogP contribution in [-0.4, -0.2) is 0 Å². The minimum atomic E-state index is 0.238. The van der Waals surface area contributed by atoms with Crippen molar-refractivity contribution in [3.8, 4) is 6.07 Å². The molecule has 0 amide bonds. The lowest BCUT2D eigenvalue weighted by Gasteiger charge is -2.06. The first-order chi connectivity index (χ1) is 9.24. The van der Waals surface area contributed by atoms with Crippen molar-refractivity contribution in [3.05, 3.63) is 64.6 Å². The van der Waals surface area contributed by atoms with E-state index in [1.54, 1.807) is 0 Å². The third kappa shape index (κ3) is 1.70. The first-order valence-corrected chi connectivity index (χ1v) is 6.28. The Labute approximate surface area is 112 Å². The molecule has 1 aliphatic carbocycles. The summed E-state index contributed by atoms with van der Waals surface area (Å²) < 4.78 is 0. The molecule has 1 aliphatic rings. The topological polar surface area (TPSA) is 28.1 Å². The van der Waals surface area contributed by atoms with Crippen LogP contribution in [0, 0.1) is 23.8 Å². The Morgan fingerprint density at radius 2 is 2.00 bits per heavy atom. The van der Waals surface area contributed by atoms with E-state index < -0.39 is 0 Å². The Hall–Kier alpha value is -2.58. The Bertz CT molecular complexity index is 769. The van der Waals surface area contributed by atoms with Gasteiger partial charge in [0, 0.05) is 0 Å². The lowest BCUT2D eigenvalue weighted by molar-refractivity contribution is 0.779. The molecule has 0 radical (unpaired) electrons. The van der Waals surface area contributed by atoms with Gasteiger partial charge in [0.2, 0.25) is 0 Å². The standard InChI is InChI=1S/C17H12N2/c1-11-7-14-8-12-5-3-4-6-13(12)9-15(14)17(11)16(10-18)19-2/h3-6,8-9,11H,7H2,1H3/b17-16+. The number of allylic oxidation sites excluding steroid dienone is 2. The second kappa shape index (κ2) is 4.26. The zero-order valence-electron chi connectivity index (χ0n) is 10.6. The molecular weight excluding hydrogens is 232 g/mol. The van der Waals surface area contributed by atoms with Crippen molar-refractivity contribution in [2.45, 2.75) is 13.3 Å². The summed E-state index contributed by atoms with van der Waals surface area (Å²) in [5.74, 6) is 0.246. The summed E-state index contributed by atoms with van der Waals surface area (Å²) in [6, 6.07) is 14.6. The maximum absolute atomic E-state index is 9.12. The fraction of sp³-hybridized carbons (Fsp3) is 0.176. The maximum atomic E-state index is 9.12. The Kier molecular flexibility index (Phi) is 2.58. The summed E-state index contributed by atoms with van der Waals surface area (Å²) in [7, 11) is 0. The van der Waals surface area contributed by atoms with Gasteiger partial charge in [-0.1, -0.05) is 37.3 Å². The van der Waals surface area contributed by atoms with Gasteiger partial charge >= 0.3 is 0 Å². The van der Waals surface area contributed by atoms with Gasteiger partial charge in [-0.2, -0.15) is 0 Å². The van der Waals surface area contributed by atoms with E-state index in [4.69, 9.17) is 11.8 Å². The van der Waals surface area contributed by atoms with Gasteiger partial charge in [-0.15, -0.1) is 0 Å². The predicted molar refractivity (Wildman–Crippen MR) is 76.0 cm³/mol. The average Bonchev–Trinajstić information content (AvgIpc) is 2.74. The number of nitrogens with zero attached hydrogens (tertiary/aromatic N) is 2. The van der Waals surface area contributed by atoms with Crippen molar-refractivity contribution in [1.82, 2.24) is 0 Å². The average molecular weight is 244 g/mol. The second-order valence-electron chi connectivity index (χ2n) is 4.95. The molecule has 2 nitrogen and oxygen atoms in total. The second-order valence-corrected chi connectivity index (χ2v) is 4.95. The van der Waals surface area contributed by atoms with Crippen LogP contribution < -0.4 is 0 Å². The molecule has 90 valence electrons. The van der Waals surface area contributed by atoms with Crippen LogP contribution in [0.1, 0.15) is 18.1 Å². The van der Waals surface area contributed by atoms with Crippen molar-refractivity contribution in [3.63, 3.8) is 0 Å². The highest BCUT2D eigenvalue weighted by atomic mass is 14.7. The van der Waals surface area contributed by atoms with Gasteiger partial charge in [0.05, 0.1) is 12.6 Å². The minimum absolute atomic E-state index is 0.238. The molecule has 0 spiro atoms. The number of hydrogen-bond donors (Lipinski definition) is 0. The van der Waals surface area contributed by atoms with Crippen LogP contribution in [0.5, 0.6) is 0 Å². The Morgan fingerprint density at radius 1 is 1.32 bits per heavy atom.